The van der Waals surface area contributed by atoms with Gasteiger partial charge in [-0.05, 0) is 68.8 Å². The molecule has 158 valence electrons. The van der Waals surface area contributed by atoms with E-state index in [-0.39, 0.29) is 18.1 Å². The summed E-state index contributed by atoms with van der Waals surface area (Å²) in [5, 5.41) is 8.57. The van der Waals surface area contributed by atoms with Crippen LogP contribution >= 0.6 is 11.6 Å². The zero-order valence-corrected chi connectivity index (χ0v) is 17.8. The van der Waals surface area contributed by atoms with Crippen LogP contribution in [0.3, 0.4) is 0 Å². The smallest absolute Gasteiger partial charge is 0.361 e. The number of aryl methyl sites for hydroxylation is 2. The van der Waals surface area contributed by atoms with Crippen LogP contribution < -0.4 is 0 Å². The molecule has 0 unspecified atom stereocenters. The van der Waals surface area contributed by atoms with Crippen molar-refractivity contribution < 1.29 is 18.3 Å². The van der Waals surface area contributed by atoms with Crippen molar-refractivity contribution in [3.8, 4) is 17.1 Å². The van der Waals surface area contributed by atoms with E-state index in [9.17, 15) is 9.18 Å². The van der Waals surface area contributed by atoms with Gasteiger partial charge in [0.15, 0.2) is 5.69 Å². The fourth-order valence-electron chi connectivity index (χ4n) is 3.08. The molecule has 4 rings (SSSR count). The summed E-state index contributed by atoms with van der Waals surface area (Å²) < 4.78 is 25.9. The maximum Gasteiger partial charge on any atom is 0.361 e. The van der Waals surface area contributed by atoms with E-state index < -0.39 is 5.97 Å². The second kappa shape index (κ2) is 8.31. The first-order chi connectivity index (χ1) is 14.8. The van der Waals surface area contributed by atoms with E-state index in [2.05, 4.69) is 15.3 Å². The van der Waals surface area contributed by atoms with Gasteiger partial charge >= 0.3 is 5.97 Å². The number of benzene rings is 2. The first-order valence-corrected chi connectivity index (χ1v) is 9.79. The van der Waals surface area contributed by atoms with Crippen molar-refractivity contribution in [3.63, 3.8) is 0 Å². The van der Waals surface area contributed by atoms with Crippen LogP contribution in [0, 0.1) is 26.6 Å². The largest absolute Gasteiger partial charge is 0.454 e. The van der Waals surface area contributed by atoms with Crippen molar-refractivity contribution in [1.29, 1.82) is 0 Å². The summed E-state index contributed by atoms with van der Waals surface area (Å²) >= 11 is 5.91. The highest BCUT2D eigenvalue weighted by atomic mass is 35.5. The molecule has 4 aromatic rings. The molecule has 2 heterocycles. The standard InChI is InChI=1S/C22H18ClFN4O3/c1-12-10-17(24)8-9-19(12)28-13(2)20(26-27-28)22(29)30-11-18-14(3)31-21(25-18)15-4-6-16(23)7-5-15/h4-10H,11H2,1-3H3. The Balaban J connectivity index is 1.50. The van der Waals surface area contributed by atoms with Gasteiger partial charge in [0.1, 0.15) is 23.9 Å². The van der Waals surface area contributed by atoms with Crippen LogP contribution in [-0.4, -0.2) is 25.9 Å². The van der Waals surface area contributed by atoms with Gasteiger partial charge in [0.25, 0.3) is 0 Å². The SMILES string of the molecule is Cc1cc(F)ccc1-n1nnc(C(=O)OCc2nc(-c3ccc(Cl)cc3)oc2C)c1C. The Morgan fingerprint density at radius 2 is 1.90 bits per heavy atom. The van der Waals surface area contributed by atoms with Gasteiger partial charge in [-0.3, -0.25) is 0 Å². The lowest BCUT2D eigenvalue weighted by atomic mass is 10.2. The number of hydrogen-bond acceptors (Lipinski definition) is 6. The maximum absolute atomic E-state index is 13.4. The van der Waals surface area contributed by atoms with E-state index in [0.29, 0.717) is 39.3 Å². The molecule has 0 saturated heterocycles. The molecular formula is C22H18ClFN4O3. The molecule has 0 amide bonds. The Morgan fingerprint density at radius 1 is 1.16 bits per heavy atom. The Kier molecular flexibility index (Phi) is 5.56. The Morgan fingerprint density at radius 3 is 2.61 bits per heavy atom. The normalized spacial score (nSPS) is 11.0. The Hall–Kier alpha value is -3.52. The first-order valence-electron chi connectivity index (χ1n) is 9.41. The van der Waals surface area contributed by atoms with Gasteiger partial charge in [0.05, 0.1) is 11.4 Å². The number of carbonyl (C=O) groups is 1. The highest BCUT2D eigenvalue weighted by Crippen LogP contribution is 2.24. The van der Waals surface area contributed by atoms with Crippen LogP contribution in [0.4, 0.5) is 4.39 Å². The lowest BCUT2D eigenvalue weighted by molar-refractivity contribution is 0.0459. The van der Waals surface area contributed by atoms with Gasteiger partial charge in [-0.15, -0.1) is 5.10 Å². The summed E-state index contributed by atoms with van der Waals surface area (Å²) in [6.45, 7) is 5.11. The molecule has 9 heteroatoms. The molecular weight excluding hydrogens is 423 g/mol. The molecule has 0 bridgehead atoms. The summed E-state index contributed by atoms with van der Waals surface area (Å²) in [7, 11) is 0. The summed E-state index contributed by atoms with van der Waals surface area (Å²) in [5.74, 6) is -0.0345. The van der Waals surface area contributed by atoms with Crippen molar-refractivity contribution >= 4 is 17.6 Å². The summed E-state index contributed by atoms with van der Waals surface area (Å²) in [4.78, 5) is 17.0. The zero-order chi connectivity index (χ0) is 22.1. The third kappa shape index (κ3) is 4.20. The topological polar surface area (TPSA) is 83.0 Å². The molecule has 0 N–H and O–H groups in total. The third-order valence-electron chi connectivity index (χ3n) is 4.80. The van der Waals surface area contributed by atoms with Crippen molar-refractivity contribution in [2.24, 2.45) is 0 Å². The summed E-state index contributed by atoms with van der Waals surface area (Å²) in [6.07, 6.45) is 0. The monoisotopic (exact) mass is 440 g/mol. The maximum atomic E-state index is 13.4. The Bertz CT molecular complexity index is 1260. The molecule has 0 saturated carbocycles. The fourth-order valence-corrected chi connectivity index (χ4v) is 3.21. The van der Waals surface area contributed by atoms with Crippen molar-refractivity contribution in [2.75, 3.05) is 0 Å². The second-order valence-electron chi connectivity index (χ2n) is 6.97. The minimum Gasteiger partial charge on any atom is -0.454 e. The number of oxazole rings is 1. The van der Waals surface area contributed by atoms with Crippen LogP contribution in [0.15, 0.2) is 46.9 Å². The van der Waals surface area contributed by atoms with Crippen LogP contribution in [0.1, 0.15) is 33.2 Å². The van der Waals surface area contributed by atoms with Crippen LogP contribution in [0.25, 0.3) is 17.1 Å². The quantitative estimate of drug-likeness (QED) is 0.406. The second-order valence-corrected chi connectivity index (χ2v) is 7.41. The predicted molar refractivity (Wildman–Crippen MR) is 112 cm³/mol. The van der Waals surface area contributed by atoms with Gasteiger partial charge in [-0.1, -0.05) is 16.8 Å². The number of nitrogens with zero attached hydrogens (tertiary/aromatic N) is 4. The van der Waals surface area contributed by atoms with E-state index in [0.717, 1.165) is 5.56 Å². The number of aromatic nitrogens is 4. The van der Waals surface area contributed by atoms with Gasteiger partial charge < -0.3 is 9.15 Å². The molecule has 0 atom stereocenters. The molecule has 7 nitrogen and oxygen atoms in total. The van der Waals surface area contributed by atoms with Gasteiger partial charge in [0, 0.05) is 10.6 Å². The van der Waals surface area contributed by atoms with Crippen molar-refractivity contribution in [3.05, 3.63) is 81.7 Å². The van der Waals surface area contributed by atoms with Crippen LogP contribution in [0.2, 0.25) is 5.02 Å². The highest BCUT2D eigenvalue weighted by molar-refractivity contribution is 6.30. The molecule has 2 aromatic carbocycles. The molecule has 2 aromatic heterocycles. The van der Waals surface area contributed by atoms with E-state index >= 15 is 0 Å². The predicted octanol–water partition coefficient (Wildman–Crippen LogP) is 5.00. The zero-order valence-electron chi connectivity index (χ0n) is 17.0. The molecule has 31 heavy (non-hydrogen) atoms. The van der Waals surface area contributed by atoms with Gasteiger partial charge in [0.2, 0.25) is 5.89 Å². The molecule has 0 aliphatic heterocycles. The minimum absolute atomic E-state index is 0.0720. The van der Waals surface area contributed by atoms with Gasteiger partial charge in [-0.25, -0.2) is 18.9 Å². The number of rotatable bonds is 5. The average molecular weight is 441 g/mol. The average Bonchev–Trinajstić information content (AvgIpc) is 3.29. The number of ether oxygens (including phenoxy) is 1. The molecule has 0 fully saturated rings. The lowest BCUT2D eigenvalue weighted by Crippen LogP contribution is -2.09. The van der Waals surface area contributed by atoms with E-state index in [1.807, 2.05) is 0 Å². The van der Waals surface area contributed by atoms with E-state index in [1.165, 1.54) is 16.8 Å². The molecule has 0 radical (unpaired) electrons. The number of esters is 1. The van der Waals surface area contributed by atoms with E-state index in [1.54, 1.807) is 51.1 Å². The van der Waals surface area contributed by atoms with Crippen LogP contribution in [-0.2, 0) is 11.3 Å². The van der Waals surface area contributed by atoms with Crippen LogP contribution in [0.5, 0.6) is 0 Å². The van der Waals surface area contributed by atoms with Crippen molar-refractivity contribution in [2.45, 2.75) is 27.4 Å². The fraction of sp³-hybridized carbons (Fsp3) is 0.182. The van der Waals surface area contributed by atoms with Crippen molar-refractivity contribution in [1.82, 2.24) is 20.0 Å². The first kappa shape index (κ1) is 20.7. The molecule has 0 aliphatic rings. The lowest BCUT2D eigenvalue weighted by Gasteiger charge is -2.07. The number of halogens is 2. The molecule has 0 aliphatic carbocycles. The number of hydrogen-bond donors (Lipinski definition) is 0. The Labute approximate surface area is 182 Å². The number of carbonyl (C=O) groups excluding carboxylic acids is 1. The third-order valence-corrected chi connectivity index (χ3v) is 5.05. The molecule has 0 spiro atoms. The summed E-state index contributed by atoms with van der Waals surface area (Å²) in [6, 6.07) is 11.4. The highest BCUT2D eigenvalue weighted by Gasteiger charge is 2.21. The van der Waals surface area contributed by atoms with E-state index in [4.69, 9.17) is 20.8 Å². The minimum atomic E-state index is -0.640. The van der Waals surface area contributed by atoms with Gasteiger partial charge in [-0.2, -0.15) is 0 Å². The summed E-state index contributed by atoms with van der Waals surface area (Å²) in [5.41, 5.74) is 3.11.